The third kappa shape index (κ3) is 12.1. The molecule has 2 aliphatic rings. The van der Waals surface area contributed by atoms with Crippen LogP contribution in [0.2, 0.25) is 0 Å². The first-order chi connectivity index (χ1) is 19.3. The van der Waals surface area contributed by atoms with E-state index in [1.54, 1.807) is 20.8 Å². The summed E-state index contributed by atoms with van der Waals surface area (Å²) >= 11 is 0. The maximum atomic E-state index is 13.7. The molecular weight excluding hydrogens is 561 g/mol. The SMILES string of the molecule is CC(=O)NCCCC[C@H](NC(=O)C1CC2(CC2)CN1C(=O)[C@@H](CC(C)C)OC(=O)NC(C)(C)C)C(=O)COC(F)(F)F. The molecule has 2 fully saturated rings. The Morgan fingerprint density at radius 1 is 1.05 bits per heavy atom. The summed E-state index contributed by atoms with van der Waals surface area (Å²) < 4.78 is 47.1. The van der Waals surface area contributed by atoms with Gasteiger partial charge in [0.05, 0.1) is 6.04 Å². The van der Waals surface area contributed by atoms with Crippen LogP contribution in [0.3, 0.4) is 0 Å². The number of nitrogens with zero attached hydrogens (tertiary/aromatic N) is 1. The largest absolute Gasteiger partial charge is 0.522 e. The van der Waals surface area contributed by atoms with Crippen molar-refractivity contribution < 1.29 is 46.6 Å². The van der Waals surface area contributed by atoms with E-state index in [9.17, 15) is 37.1 Å². The van der Waals surface area contributed by atoms with Gasteiger partial charge in [-0.15, -0.1) is 13.2 Å². The number of ether oxygens (including phenoxy) is 2. The molecule has 1 unspecified atom stereocenters. The molecule has 4 amide bonds. The Morgan fingerprint density at radius 3 is 2.21 bits per heavy atom. The van der Waals surface area contributed by atoms with Crippen LogP contribution in [0.15, 0.2) is 0 Å². The topological polar surface area (TPSA) is 143 Å². The highest BCUT2D eigenvalue weighted by atomic mass is 19.4. The Balaban J connectivity index is 2.19. The highest BCUT2D eigenvalue weighted by Crippen LogP contribution is 2.55. The van der Waals surface area contributed by atoms with E-state index in [1.807, 2.05) is 13.8 Å². The second kappa shape index (κ2) is 14.5. The normalized spacial score (nSPS) is 19.3. The molecule has 240 valence electrons. The number of rotatable bonds is 14. The molecule has 14 heteroatoms. The molecule has 3 N–H and O–H groups in total. The monoisotopic (exact) mass is 606 g/mol. The molecule has 1 heterocycles. The van der Waals surface area contributed by atoms with Crippen LogP contribution in [0.5, 0.6) is 0 Å². The van der Waals surface area contributed by atoms with Crippen molar-refractivity contribution >= 4 is 29.6 Å². The number of halogens is 3. The Bertz CT molecular complexity index is 993. The summed E-state index contributed by atoms with van der Waals surface area (Å²) in [7, 11) is 0. The Labute approximate surface area is 245 Å². The third-order valence-corrected chi connectivity index (χ3v) is 7.12. The molecule has 0 aromatic heterocycles. The van der Waals surface area contributed by atoms with Crippen LogP contribution in [-0.2, 0) is 28.7 Å². The lowest BCUT2D eigenvalue weighted by Gasteiger charge is -2.30. The predicted octanol–water partition coefficient (Wildman–Crippen LogP) is 3.20. The molecule has 1 saturated heterocycles. The van der Waals surface area contributed by atoms with E-state index < -0.39 is 60.4 Å². The fourth-order valence-corrected chi connectivity index (χ4v) is 4.91. The molecule has 1 spiro atoms. The molecule has 1 aliphatic carbocycles. The number of carbonyl (C=O) groups excluding carboxylic acids is 5. The Kier molecular flexibility index (Phi) is 12.2. The number of hydrogen-bond acceptors (Lipinski definition) is 7. The van der Waals surface area contributed by atoms with Gasteiger partial charge in [0.1, 0.15) is 12.6 Å². The van der Waals surface area contributed by atoms with Gasteiger partial charge in [0.2, 0.25) is 11.8 Å². The van der Waals surface area contributed by atoms with Crippen LogP contribution >= 0.6 is 0 Å². The molecule has 1 aliphatic heterocycles. The van der Waals surface area contributed by atoms with Crippen molar-refractivity contribution in [2.75, 3.05) is 19.7 Å². The first kappa shape index (κ1) is 35.3. The standard InChI is InChI=1S/C28H45F3N4O7/c1-17(2)13-22(42-25(40)34-26(4,5)6)24(39)35-16-27(10-11-27)14-20(35)23(38)33-19(9-7-8-12-32-18(3)36)21(37)15-41-28(29,30)31/h17,19-20,22H,7-16H2,1-6H3,(H,32,36)(H,33,38)(H,34,40)/t19-,20?,22+/m0/s1. The molecule has 1 saturated carbocycles. The maximum absolute atomic E-state index is 13.7. The number of unbranched alkanes of at least 4 members (excludes halogenated alkanes) is 1. The summed E-state index contributed by atoms with van der Waals surface area (Å²) in [5.41, 5.74) is -0.860. The maximum Gasteiger partial charge on any atom is 0.522 e. The quantitative estimate of drug-likeness (QED) is 0.258. The van der Waals surface area contributed by atoms with E-state index >= 15 is 0 Å². The second-order valence-electron chi connectivity index (χ2n) is 12.8. The zero-order valence-electron chi connectivity index (χ0n) is 25.3. The first-order valence-electron chi connectivity index (χ1n) is 14.4. The van der Waals surface area contributed by atoms with Crippen LogP contribution in [0.4, 0.5) is 18.0 Å². The van der Waals surface area contributed by atoms with Gasteiger partial charge >= 0.3 is 12.5 Å². The number of Topliss-reactive ketones (excluding diaryl/α,β-unsaturated/α-hetero) is 1. The van der Waals surface area contributed by atoms with E-state index in [2.05, 4.69) is 20.7 Å². The van der Waals surface area contributed by atoms with Crippen LogP contribution in [-0.4, -0.2) is 84.3 Å². The lowest BCUT2D eigenvalue weighted by atomic mass is 10.0. The van der Waals surface area contributed by atoms with Crippen molar-refractivity contribution in [1.82, 2.24) is 20.9 Å². The van der Waals surface area contributed by atoms with E-state index in [0.29, 0.717) is 25.8 Å². The summed E-state index contributed by atoms with van der Waals surface area (Å²) in [6.07, 6.45) is -4.02. The highest BCUT2D eigenvalue weighted by molar-refractivity contribution is 5.94. The van der Waals surface area contributed by atoms with Crippen molar-refractivity contribution in [1.29, 1.82) is 0 Å². The van der Waals surface area contributed by atoms with Crippen LogP contribution in [0.1, 0.15) is 86.5 Å². The smallest absolute Gasteiger partial charge is 0.436 e. The molecule has 11 nitrogen and oxygen atoms in total. The minimum atomic E-state index is -5.02. The average molecular weight is 607 g/mol. The third-order valence-electron chi connectivity index (χ3n) is 7.12. The van der Waals surface area contributed by atoms with Gasteiger partial charge in [-0.1, -0.05) is 13.8 Å². The number of carbonyl (C=O) groups is 5. The molecule has 2 rings (SSSR count). The van der Waals surface area contributed by atoms with Gasteiger partial charge in [0.25, 0.3) is 5.91 Å². The highest BCUT2D eigenvalue weighted by Gasteiger charge is 2.56. The van der Waals surface area contributed by atoms with E-state index in [4.69, 9.17) is 4.74 Å². The molecule has 0 aromatic carbocycles. The van der Waals surface area contributed by atoms with Gasteiger partial charge in [0, 0.05) is 25.6 Å². The van der Waals surface area contributed by atoms with Gasteiger partial charge in [-0.2, -0.15) is 0 Å². The number of nitrogens with one attached hydrogen (secondary N) is 3. The van der Waals surface area contributed by atoms with E-state index in [-0.39, 0.29) is 36.6 Å². The fraction of sp³-hybridized carbons (Fsp3) is 0.821. The van der Waals surface area contributed by atoms with E-state index in [1.165, 1.54) is 11.8 Å². The van der Waals surface area contributed by atoms with Gasteiger partial charge in [-0.3, -0.25) is 23.9 Å². The Morgan fingerprint density at radius 2 is 1.69 bits per heavy atom. The average Bonchev–Trinajstić information content (AvgIpc) is 3.48. The second-order valence-corrected chi connectivity index (χ2v) is 12.8. The number of ketones is 1. The lowest BCUT2D eigenvalue weighted by molar-refractivity contribution is -0.321. The summed E-state index contributed by atoms with van der Waals surface area (Å²) in [4.78, 5) is 64.9. The van der Waals surface area contributed by atoms with Crippen molar-refractivity contribution in [3.63, 3.8) is 0 Å². The summed E-state index contributed by atoms with van der Waals surface area (Å²) in [5, 5.41) is 7.82. The van der Waals surface area contributed by atoms with Crippen molar-refractivity contribution in [3.8, 4) is 0 Å². The minimum absolute atomic E-state index is 0.0146. The predicted molar refractivity (Wildman–Crippen MR) is 146 cm³/mol. The van der Waals surface area contributed by atoms with Crippen LogP contribution < -0.4 is 16.0 Å². The molecule has 0 aromatic rings. The molecule has 3 atom stereocenters. The van der Waals surface area contributed by atoms with Gasteiger partial charge < -0.3 is 25.6 Å². The van der Waals surface area contributed by atoms with Crippen LogP contribution in [0.25, 0.3) is 0 Å². The van der Waals surface area contributed by atoms with Gasteiger partial charge in [0.15, 0.2) is 11.9 Å². The number of hydrogen-bond donors (Lipinski definition) is 3. The Hall–Kier alpha value is -2.90. The van der Waals surface area contributed by atoms with Crippen molar-refractivity contribution in [2.45, 2.75) is 117 Å². The van der Waals surface area contributed by atoms with E-state index in [0.717, 1.165) is 12.8 Å². The zero-order chi connectivity index (χ0) is 31.9. The van der Waals surface area contributed by atoms with Crippen LogP contribution in [0, 0.1) is 11.3 Å². The molecule has 0 radical (unpaired) electrons. The first-order valence-corrected chi connectivity index (χ1v) is 14.4. The minimum Gasteiger partial charge on any atom is -0.436 e. The molecule has 0 bridgehead atoms. The summed E-state index contributed by atoms with van der Waals surface area (Å²) in [6.45, 7) is 9.68. The van der Waals surface area contributed by atoms with Crippen molar-refractivity contribution in [2.24, 2.45) is 11.3 Å². The molecular formula is C28H45F3N4O7. The van der Waals surface area contributed by atoms with Crippen molar-refractivity contribution in [3.05, 3.63) is 0 Å². The number of likely N-dealkylation sites (tertiary alicyclic amines) is 1. The van der Waals surface area contributed by atoms with Gasteiger partial charge in [-0.25, -0.2) is 4.79 Å². The van der Waals surface area contributed by atoms with Gasteiger partial charge in [-0.05, 0) is 77.0 Å². The lowest BCUT2D eigenvalue weighted by Crippen LogP contribution is -2.54. The fourth-order valence-electron chi connectivity index (χ4n) is 4.91. The molecule has 42 heavy (non-hydrogen) atoms. The number of alkyl halides is 3. The zero-order valence-corrected chi connectivity index (χ0v) is 25.3. The number of alkyl carbamates (subject to hydrolysis) is 1. The number of amides is 4. The summed E-state index contributed by atoms with van der Waals surface area (Å²) in [5.74, 6) is -2.42. The summed E-state index contributed by atoms with van der Waals surface area (Å²) in [6, 6.07) is -2.27.